The van der Waals surface area contributed by atoms with Crippen LogP contribution < -0.4 is 38.5 Å². The fourth-order valence-electron chi connectivity index (χ4n) is 6.19. The van der Waals surface area contributed by atoms with Gasteiger partial charge in [0.1, 0.15) is 23.7 Å². The third kappa shape index (κ3) is 13.6. The molecule has 11 N–H and O–H groups in total. The van der Waals surface area contributed by atoms with Crippen molar-refractivity contribution in [1.29, 1.82) is 0 Å². The predicted molar refractivity (Wildman–Crippen MR) is 200 cm³/mol. The number of benzene rings is 2. The molecule has 3 rings (SSSR count). The van der Waals surface area contributed by atoms with Gasteiger partial charge in [-0.2, -0.15) is 0 Å². The van der Waals surface area contributed by atoms with Gasteiger partial charge in [0.25, 0.3) is 0 Å². The van der Waals surface area contributed by atoms with Gasteiger partial charge in [-0.25, -0.2) is 0 Å². The Balaban J connectivity index is 1.77. The lowest BCUT2D eigenvalue weighted by molar-refractivity contribution is -0.148. The maximum atomic E-state index is 14.0. The minimum absolute atomic E-state index is 0.00364. The maximum Gasteiger partial charge on any atom is 0.323 e. The predicted octanol–water partition coefficient (Wildman–Crippen LogP) is 0.423. The van der Waals surface area contributed by atoms with E-state index in [1.54, 1.807) is 4.90 Å². The van der Waals surface area contributed by atoms with Gasteiger partial charge < -0.3 is 48.5 Å². The smallest absolute Gasteiger partial charge is 0.323 e. The van der Waals surface area contributed by atoms with Crippen LogP contribution in [0.3, 0.4) is 0 Å². The SMILES string of the molecule is CC(C)C[C@@H](NC(=O)[C@@H](Cc1ccccc1)NC(=O)[C@H](N)Cc1ccccc1)C(=O)N[C@H](CCCCNCCN)C(=O)N1CCC(N)(C(=O)O)CC1. The van der Waals surface area contributed by atoms with Crippen molar-refractivity contribution in [3.05, 3.63) is 71.8 Å². The number of piperidine rings is 1. The quantitative estimate of drug-likeness (QED) is 0.0828. The van der Waals surface area contributed by atoms with Crippen LogP contribution >= 0.6 is 0 Å². The average molecular weight is 723 g/mol. The second kappa shape index (κ2) is 21.2. The molecular formula is C38H58N8O6. The molecular weight excluding hydrogens is 664 g/mol. The van der Waals surface area contributed by atoms with Crippen molar-refractivity contribution in [2.75, 3.05) is 32.7 Å². The first kappa shape index (κ1) is 42.0. The van der Waals surface area contributed by atoms with E-state index in [1.807, 2.05) is 74.5 Å². The summed E-state index contributed by atoms with van der Waals surface area (Å²) in [5.74, 6) is -3.02. The minimum atomic E-state index is -1.41. The van der Waals surface area contributed by atoms with E-state index < -0.39 is 53.4 Å². The number of likely N-dealkylation sites (tertiary alicyclic amines) is 1. The van der Waals surface area contributed by atoms with E-state index in [9.17, 15) is 29.1 Å². The fraction of sp³-hybridized carbons (Fsp3) is 0.553. The third-order valence-electron chi connectivity index (χ3n) is 9.32. The van der Waals surface area contributed by atoms with E-state index in [2.05, 4.69) is 21.3 Å². The summed E-state index contributed by atoms with van der Waals surface area (Å²) in [4.78, 5) is 68.3. The summed E-state index contributed by atoms with van der Waals surface area (Å²) < 4.78 is 0. The van der Waals surface area contributed by atoms with Crippen LogP contribution in [0.5, 0.6) is 0 Å². The van der Waals surface area contributed by atoms with Crippen molar-refractivity contribution in [1.82, 2.24) is 26.2 Å². The molecule has 0 spiro atoms. The highest BCUT2D eigenvalue weighted by Crippen LogP contribution is 2.21. The largest absolute Gasteiger partial charge is 0.480 e. The molecule has 0 aliphatic carbocycles. The van der Waals surface area contributed by atoms with E-state index in [0.717, 1.165) is 17.5 Å². The van der Waals surface area contributed by atoms with E-state index in [4.69, 9.17) is 17.2 Å². The number of amides is 4. The van der Waals surface area contributed by atoms with E-state index in [0.29, 0.717) is 32.5 Å². The number of nitrogens with zero attached hydrogens (tertiary/aromatic N) is 1. The standard InChI is InChI=1S/C38H58N8O6/c1-26(2)23-31(34(48)43-30(15-9-10-19-42-20-18-39)36(50)46-21-16-38(41,17-22-46)37(51)52)45-35(49)32(25-28-13-7-4-8-14-28)44-33(47)29(40)24-27-11-5-3-6-12-27/h3-8,11-14,26,29-32,42H,9-10,15-25,39-41H2,1-2H3,(H,43,48)(H,44,47)(H,45,49)(H,51,52)/t29-,30-,31-,32-/m1/s1. The molecule has 4 atom stereocenters. The summed E-state index contributed by atoms with van der Waals surface area (Å²) in [6.07, 6.45) is 2.60. The number of rotatable bonds is 21. The molecule has 4 amide bonds. The Morgan fingerprint density at radius 1 is 0.769 bits per heavy atom. The number of unbranched alkanes of at least 4 members (excludes halogenated alkanes) is 1. The first-order chi connectivity index (χ1) is 24.8. The molecule has 14 nitrogen and oxygen atoms in total. The Bertz CT molecular complexity index is 1440. The number of carboxylic acid groups (broad SMARTS) is 1. The van der Waals surface area contributed by atoms with Crippen molar-refractivity contribution in [2.45, 2.75) is 94.9 Å². The molecule has 1 saturated heterocycles. The lowest BCUT2D eigenvalue weighted by atomic mass is 9.88. The molecule has 1 aliphatic rings. The molecule has 0 aromatic heterocycles. The Morgan fingerprint density at radius 2 is 1.31 bits per heavy atom. The molecule has 2 aromatic rings. The van der Waals surface area contributed by atoms with Crippen LogP contribution in [0.1, 0.15) is 63.5 Å². The van der Waals surface area contributed by atoms with E-state index in [-0.39, 0.29) is 57.0 Å². The first-order valence-corrected chi connectivity index (χ1v) is 18.3. The minimum Gasteiger partial charge on any atom is -0.480 e. The second-order valence-electron chi connectivity index (χ2n) is 14.1. The van der Waals surface area contributed by atoms with Crippen LogP contribution in [0.4, 0.5) is 0 Å². The third-order valence-corrected chi connectivity index (χ3v) is 9.32. The van der Waals surface area contributed by atoms with E-state index in [1.165, 1.54) is 0 Å². The summed E-state index contributed by atoms with van der Waals surface area (Å²) in [7, 11) is 0. The molecule has 14 heteroatoms. The number of nitrogens with one attached hydrogen (secondary N) is 4. The molecule has 1 heterocycles. The van der Waals surface area contributed by atoms with Gasteiger partial charge in [-0.05, 0) is 68.5 Å². The Kier molecular flexibility index (Phi) is 17.2. The van der Waals surface area contributed by atoms with Gasteiger partial charge in [0, 0.05) is 32.6 Å². The maximum absolute atomic E-state index is 14.0. The van der Waals surface area contributed by atoms with Crippen molar-refractivity contribution in [3.63, 3.8) is 0 Å². The zero-order valence-corrected chi connectivity index (χ0v) is 30.5. The molecule has 2 aromatic carbocycles. The van der Waals surface area contributed by atoms with Gasteiger partial charge in [0.15, 0.2) is 0 Å². The highest BCUT2D eigenvalue weighted by molar-refractivity contribution is 5.95. The molecule has 0 saturated carbocycles. The monoisotopic (exact) mass is 722 g/mol. The van der Waals surface area contributed by atoms with Crippen LogP contribution in [0, 0.1) is 5.92 Å². The molecule has 1 aliphatic heterocycles. The lowest BCUT2D eigenvalue weighted by Gasteiger charge is -2.38. The number of nitrogens with two attached hydrogens (primary N) is 3. The van der Waals surface area contributed by atoms with E-state index >= 15 is 0 Å². The molecule has 0 unspecified atom stereocenters. The van der Waals surface area contributed by atoms with Gasteiger partial charge in [0.05, 0.1) is 6.04 Å². The Labute approximate surface area is 307 Å². The van der Waals surface area contributed by atoms with Crippen molar-refractivity contribution in [2.24, 2.45) is 23.1 Å². The number of carbonyl (C=O) groups excluding carboxylic acids is 4. The number of carbonyl (C=O) groups is 5. The normalized spacial score (nSPS) is 16.3. The molecule has 0 radical (unpaired) electrons. The number of hydrogen-bond acceptors (Lipinski definition) is 9. The van der Waals surface area contributed by atoms with Gasteiger partial charge >= 0.3 is 5.97 Å². The van der Waals surface area contributed by atoms with Gasteiger partial charge in [-0.1, -0.05) is 74.5 Å². The summed E-state index contributed by atoms with van der Waals surface area (Å²) in [6.45, 7) is 5.99. The summed E-state index contributed by atoms with van der Waals surface area (Å²) in [5.41, 5.74) is 18.2. The highest BCUT2D eigenvalue weighted by Gasteiger charge is 2.40. The van der Waals surface area contributed by atoms with Crippen LogP contribution in [0.2, 0.25) is 0 Å². The molecule has 52 heavy (non-hydrogen) atoms. The number of hydrogen-bond donors (Lipinski definition) is 8. The first-order valence-electron chi connectivity index (χ1n) is 18.3. The molecule has 1 fully saturated rings. The summed E-state index contributed by atoms with van der Waals surface area (Å²) in [5, 5.41) is 21.4. The summed E-state index contributed by atoms with van der Waals surface area (Å²) >= 11 is 0. The lowest BCUT2D eigenvalue weighted by Crippen LogP contribution is -2.60. The van der Waals surface area contributed by atoms with Crippen molar-refractivity contribution in [3.8, 4) is 0 Å². The van der Waals surface area contributed by atoms with Gasteiger partial charge in [-0.15, -0.1) is 0 Å². The average Bonchev–Trinajstić information content (AvgIpc) is 3.12. The fourth-order valence-corrected chi connectivity index (χ4v) is 6.19. The highest BCUT2D eigenvalue weighted by atomic mass is 16.4. The zero-order valence-electron chi connectivity index (χ0n) is 30.5. The molecule has 286 valence electrons. The Morgan fingerprint density at radius 3 is 1.87 bits per heavy atom. The number of aliphatic carboxylic acids is 1. The number of carboxylic acids is 1. The van der Waals surface area contributed by atoms with Crippen LogP contribution in [0.15, 0.2) is 60.7 Å². The van der Waals surface area contributed by atoms with Crippen LogP contribution in [0.25, 0.3) is 0 Å². The van der Waals surface area contributed by atoms with Crippen LogP contribution in [-0.4, -0.2) is 102 Å². The summed E-state index contributed by atoms with van der Waals surface area (Å²) in [6, 6.07) is 14.7. The molecule has 0 bridgehead atoms. The zero-order chi connectivity index (χ0) is 38.1. The Hall–Kier alpha value is -4.37. The van der Waals surface area contributed by atoms with Crippen LogP contribution in [-0.2, 0) is 36.8 Å². The van der Waals surface area contributed by atoms with Gasteiger partial charge in [-0.3, -0.25) is 24.0 Å². The van der Waals surface area contributed by atoms with Crippen molar-refractivity contribution >= 4 is 29.6 Å². The topological polar surface area (TPSA) is 235 Å². The van der Waals surface area contributed by atoms with Crippen molar-refractivity contribution < 1.29 is 29.1 Å². The van der Waals surface area contributed by atoms with Gasteiger partial charge in [0.2, 0.25) is 23.6 Å². The second-order valence-corrected chi connectivity index (χ2v) is 14.1.